The first kappa shape index (κ1) is 19.6. The molecule has 0 saturated heterocycles. The molecule has 0 unspecified atom stereocenters. The Labute approximate surface area is 147 Å². The van der Waals surface area contributed by atoms with Crippen molar-refractivity contribution < 1.29 is 13.9 Å². The minimum absolute atomic E-state index is 0. The summed E-state index contributed by atoms with van der Waals surface area (Å²) in [4.78, 5) is 0. The van der Waals surface area contributed by atoms with E-state index in [0.29, 0.717) is 22.1 Å². The summed E-state index contributed by atoms with van der Waals surface area (Å²) in [5.74, 6) is 0.792. The van der Waals surface area contributed by atoms with Crippen LogP contribution in [0.15, 0.2) is 36.4 Å². The number of benzene rings is 2. The molecule has 0 heterocycles. The van der Waals surface area contributed by atoms with E-state index in [2.05, 4.69) is 5.32 Å². The Bertz CT molecular complexity index is 618. The number of hydrogen-bond acceptors (Lipinski definition) is 3. The summed E-state index contributed by atoms with van der Waals surface area (Å²) in [5, 5.41) is 3.59. The van der Waals surface area contributed by atoms with Crippen LogP contribution >= 0.6 is 24.0 Å². The summed E-state index contributed by atoms with van der Waals surface area (Å²) in [6, 6.07) is 10.2. The summed E-state index contributed by atoms with van der Waals surface area (Å²) >= 11 is 5.99. The third-order valence-electron chi connectivity index (χ3n) is 3.24. The Hall–Kier alpha value is -1.49. The van der Waals surface area contributed by atoms with E-state index in [-0.39, 0.29) is 24.8 Å². The smallest absolute Gasteiger partial charge is 0.161 e. The molecule has 0 aliphatic rings. The molecule has 0 aliphatic carbocycles. The fourth-order valence-electron chi connectivity index (χ4n) is 2.03. The molecule has 3 nitrogen and oxygen atoms in total. The second-order valence-corrected chi connectivity index (χ2v) is 5.16. The van der Waals surface area contributed by atoms with Crippen molar-refractivity contribution in [1.29, 1.82) is 0 Å². The molecule has 0 fully saturated rings. The summed E-state index contributed by atoms with van der Waals surface area (Å²) in [7, 11) is 1.58. The van der Waals surface area contributed by atoms with Gasteiger partial charge in [0, 0.05) is 12.1 Å². The summed E-state index contributed by atoms with van der Waals surface area (Å²) in [6.07, 6.45) is 0. The van der Waals surface area contributed by atoms with Gasteiger partial charge in [-0.25, -0.2) is 4.39 Å². The van der Waals surface area contributed by atoms with Crippen LogP contribution in [0, 0.1) is 5.82 Å². The second-order valence-electron chi connectivity index (χ2n) is 4.75. The molecule has 0 atom stereocenters. The van der Waals surface area contributed by atoms with Crippen molar-refractivity contribution in [3.8, 4) is 11.5 Å². The van der Waals surface area contributed by atoms with Gasteiger partial charge < -0.3 is 14.8 Å². The van der Waals surface area contributed by atoms with Gasteiger partial charge in [-0.1, -0.05) is 30.7 Å². The van der Waals surface area contributed by atoms with Crippen molar-refractivity contribution in [2.45, 2.75) is 20.1 Å². The molecule has 0 spiro atoms. The Morgan fingerprint density at radius 2 is 1.96 bits per heavy atom. The summed E-state index contributed by atoms with van der Waals surface area (Å²) in [6.45, 7) is 3.75. The lowest BCUT2D eigenvalue weighted by atomic mass is 10.2. The molecule has 6 heteroatoms. The minimum atomic E-state index is -0.379. The molecule has 0 bridgehead atoms. The van der Waals surface area contributed by atoms with Crippen LogP contribution in [0.1, 0.15) is 18.1 Å². The van der Waals surface area contributed by atoms with Crippen LogP contribution < -0.4 is 14.8 Å². The predicted octanol–water partition coefficient (Wildman–Crippen LogP) is 4.60. The van der Waals surface area contributed by atoms with Gasteiger partial charge in [-0.15, -0.1) is 12.4 Å². The zero-order valence-electron chi connectivity index (χ0n) is 13.1. The van der Waals surface area contributed by atoms with Gasteiger partial charge in [0.25, 0.3) is 0 Å². The van der Waals surface area contributed by atoms with Gasteiger partial charge >= 0.3 is 0 Å². The molecule has 0 radical (unpaired) electrons. The normalized spacial score (nSPS) is 10.1. The first-order valence-corrected chi connectivity index (χ1v) is 7.46. The van der Waals surface area contributed by atoms with Gasteiger partial charge in [-0.2, -0.15) is 0 Å². The maximum Gasteiger partial charge on any atom is 0.161 e. The van der Waals surface area contributed by atoms with Crippen molar-refractivity contribution in [2.24, 2.45) is 0 Å². The van der Waals surface area contributed by atoms with Gasteiger partial charge in [0.1, 0.15) is 12.4 Å². The lowest BCUT2D eigenvalue weighted by molar-refractivity contribution is 0.279. The molecular weight excluding hydrogens is 340 g/mol. The van der Waals surface area contributed by atoms with E-state index in [1.807, 2.05) is 25.1 Å². The van der Waals surface area contributed by atoms with Gasteiger partial charge in [-0.05, 0) is 36.4 Å². The van der Waals surface area contributed by atoms with E-state index in [4.69, 9.17) is 21.1 Å². The van der Waals surface area contributed by atoms with Crippen LogP contribution in [0.25, 0.3) is 0 Å². The average Bonchev–Trinajstić information content (AvgIpc) is 2.53. The number of nitrogens with one attached hydrogen (secondary N) is 1. The van der Waals surface area contributed by atoms with Gasteiger partial charge in [-0.3, -0.25) is 0 Å². The van der Waals surface area contributed by atoms with E-state index >= 15 is 0 Å². The highest BCUT2D eigenvalue weighted by Gasteiger charge is 2.10. The van der Waals surface area contributed by atoms with E-state index in [1.165, 1.54) is 6.07 Å². The highest BCUT2D eigenvalue weighted by Crippen LogP contribution is 2.30. The lowest BCUT2D eigenvalue weighted by Gasteiger charge is -2.13. The zero-order valence-corrected chi connectivity index (χ0v) is 14.6. The third kappa shape index (κ3) is 5.27. The zero-order chi connectivity index (χ0) is 15.9. The third-order valence-corrected chi connectivity index (χ3v) is 3.59. The fraction of sp³-hybridized carbons (Fsp3) is 0.294. The van der Waals surface area contributed by atoms with Crippen molar-refractivity contribution in [3.63, 3.8) is 0 Å². The molecule has 0 aliphatic heterocycles. The Morgan fingerprint density at radius 3 is 2.61 bits per heavy atom. The van der Waals surface area contributed by atoms with Crippen LogP contribution in [-0.4, -0.2) is 13.7 Å². The predicted molar refractivity (Wildman–Crippen MR) is 93.4 cm³/mol. The monoisotopic (exact) mass is 359 g/mol. The van der Waals surface area contributed by atoms with E-state index in [0.717, 1.165) is 18.7 Å². The number of methoxy groups -OCH3 is 1. The molecule has 1 N–H and O–H groups in total. The number of hydrogen-bond donors (Lipinski definition) is 1. The topological polar surface area (TPSA) is 30.5 Å². The Kier molecular flexibility index (Phi) is 8.17. The van der Waals surface area contributed by atoms with Crippen LogP contribution in [-0.2, 0) is 13.2 Å². The van der Waals surface area contributed by atoms with Crippen molar-refractivity contribution in [3.05, 3.63) is 58.4 Å². The van der Waals surface area contributed by atoms with Gasteiger partial charge in [0.05, 0.1) is 12.1 Å². The first-order valence-electron chi connectivity index (χ1n) is 7.09. The number of rotatable bonds is 7. The Morgan fingerprint density at radius 1 is 1.17 bits per heavy atom. The van der Waals surface area contributed by atoms with Crippen LogP contribution in [0.3, 0.4) is 0 Å². The SMILES string of the molecule is CCNCc1ccc(OCc2c(F)cccc2Cl)c(OC)c1.Cl. The fourth-order valence-corrected chi connectivity index (χ4v) is 2.25. The minimum Gasteiger partial charge on any atom is -0.493 e. The number of halogens is 3. The van der Waals surface area contributed by atoms with E-state index in [9.17, 15) is 4.39 Å². The lowest BCUT2D eigenvalue weighted by Crippen LogP contribution is -2.11. The van der Waals surface area contributed by atoms with Gasteiger partial charge in [0.2, 0.25) is 0 Å². The highest BCUT2D eigenvalue weighted by atomic mass is 35.5. The van der Waals surface area contributed by atoms with Crippen LogP contribution in [0.4, 0.5) is 4.39 Å². The summed E-state index contributed by atoms with van der Waals surface area (Å²) in [5.41, 5.74) is 1.43. The maximum atomic E-state index is 13.7. The molecule has 23 heavy (non-hydrogen) atoms. The van der Waals surface area contributed by atoms with Crippen molar-refractivity contribution in [1.82, 2.24) is 5.32 Å². The number of ether oxygens (including phenoxy) is 2. The largest absolute Gasteiger partial charge is 0.493 e. The molecule has 126 valence electrons. The van der Waals surface area contributed by atoms with E-state index < -0.39 is 0 Å². The molecular formula is C17H20Cl2FNO2. The Balaban J connectivity index is 0.00000264. The van der Waals surface area contributed by atoms with Crippen LogP contribution in [0.2, 0.25) is 5.02 Å². The molecule has 2 rings (SSSR count). The van der Waals surface area contributed by atoms with Gasteiger partial charge in [0.15, 0.2) is 11.5 Å². The molecule has 2 aromatic carbocycles. The van der Waals surface area contributed by atoms with E-state index in [1.54, 1.807) is 19.2 Å². The van der Waals surface area contributed by atoms with Crippen LogP contribution in [0.5, 0.6) is 11.5 Å². The molecule has 0 amide bonds. The highest BCUT2D eigenvalue weighted by molar-refractivity contribution is 6.31. The quantitative estimate of drug-likeness (QED) is 0.783. The standard InChI is InChI=1S/C17H19ClFNO2.ClH/c1-3-20-10-12-7-8-16(17(9-12)21-2)22-11-13-14(18)5-4-6-15(13)19;/h4-9,20H,3,10-11H2,1-2H3;1H. The molecule has 0 saturated carbocycles. The summed E-state index contributed by atoms with van der Waals surface area (Å²) < 4.78 is 24.7. The van der Waals surface area contributed by atoms with Crippen molar-refractivity contribution in [2.75, 3.05) is 13.7 Å². The average molecular weight is 360 g/mol. The maximum absolute atomic E-state index is 13.7. The van der Waals surface area contributed by atoms with Crippen molar-refractivity contribution >= 4 is 24.0 Å². The second kappa shape index (κ2) is 9.60. The molecule has 2 aromatic rings. The first-order chi connectivity index (χ1) is 10.7. The molecule has 0 aromatic heterocycles.